The van der Waals surface area contributed by atoms with Crippen molar-refractivity contribution in [3.8, 4) is 11.5 Å². The summed E-state index contributed by atoms with van der Waals surface area (Å²) in [5.41, 5.74) is 2.69. The quantitative estimate of drug-likeness (QED) is 0.269. The fourth-order valence-electron chi connectivity index (χ4n) is 4.51. The van der Waals surface area contributed by atoms with Crippen LogP contribution in [0.1, 0.15) is 46.0 Å². The van der Waals surface area contributed by atoms with E-state index in [9.17, 15) is 14.0 Å². The Balaban J connectivity index is 1.53. The zero-order valence-electron chi connectivity index (χ0n) is 18.7. The zero-order valence-corrected chi connectivity index (χ0v) is 18.7. The third kappa shape index (κ3) is 4.07. The van der Waals surface area contributed by atoms with E-state index in [0.29, 0.717) is 16.9 Å². The summed E-state index contributed by atoms with van der Waals surface area (Å²) in [5, 5.41) is 0.890. The van der Waals surface area contributed by atoms with Crippen molar-refractivity contribution >= 4 is 16.8 Å². The molecule has 0 fully saturated rings. The molecule has 1 atom stereocenters. The van der Waals surface area contributed by atoms with Gasteiger partial charge in [-0.25, -0.2) is 9.18 Å². The summed E-state index contributed by atoms with van der Waals surface area (Å²) in [4.78, 5) is 25.9. The first-order chi connectivity index (χ1) is 16.5. The summed E-state index contributed by atoms with van der Waals surface area (Å²) >= 11 is 0. The van der Waals surface area contributed by atoms with Gasteiger partial charge >= 0.3 is 5.63 Å². The molecule has 6 heteroatoms. The van der Waals surface area contributed by atoms with E-state index in [-0.39, 0.29) is 16.9 Å². The lowest BCUT2D eigenvalue weighted by molar-refractivity contribution is 0.0792. The van der Waals surface area contributed by atoms with Crippen LogP contribution in [0.15, 0.2) is 75.9 Å². The van der Waals surface area contributed by atoms with Crippen molar-refractivity contribution in [2.45, 2.75) is 31.8 Å². The zero-order chi connectivity index (χ0) is 23.7. The number of Topliss-reactive ketones (excluding diaryl/α,β-unsaturated/α-hetero) is 1. The lowest BCUT2D eigenvalue weighted by Gasteiger charge is -2.20. The summed E-state index contributed by atoms with van der Waals surface area (Å²) < 4.78 is 31.0. The number of fused-ring (bicyclic) bond motifs is 3. The minimum absolute atomic E-state index is 0.0571. The van der Waals surface area contributed by atoms with Gasteiger partial charge in [-0.05, 0) is 61.6 Å². The molecule has 0 bridgehead atoms. The Hall–Kier alpha value is -3.93. The Kier molecular flexibility index (Phi) is 5.88. The first-order valence-corrected chi connectivity index (χ1v) is 11.2. The molecule has 0 saturated heterocycles. The van der Waals surface area contributed by atoms with Crippen molar-refractivity contribution < 1.29 is 23.1 Å². The number of ketones is 1. The largest absolute Gasteiger partial charge is 0.494 e. The van der Waals surface area contributed by atoms with Crippen LogP contribution in [0, 0.1) is 5.82 Å². The van der Waals surface area contributed by atoms with Crippen molar-refractivity contribution in [3.05, 3.63) is 105 Å². The summed E-state index contributed by atoms with van der Waals surface area (Å²) in [6.45, 7) is 0. The van der Waals surface area contributed by atoms with E-state index in [1.54, 1.807) is 36.4 Å². The van der Waals surface area contributed by atoms with Crippen LogP contribution in [0.3, 0.4) is 0 Å². The number of ether oxygens (including phenoxy) is 2. The lowest BCUT2D eigenvalue weighted by atomic mass is 9.91. The minimum Gasteiger partial charge on any atom is -0.494 e. The number of benzene rings is 3. The average Bonchev–Trinajstić information content (AvgIpc) is 2.87. The predicted octanol–water partition coefficient (Wildman–Crippen LogP) is 5.82. The molecule has 3 aromatic carbocycles. The van der Waals surface area contributed by atoms with Gasteiger partial charge in [-0.15, -0.1) is 0 Å². The Morgan fingerprint density at radius 2 is 1.74 bits per heavy atom. The molecule has 0 saturated carbocycles. The van der Waals surface area contributed by atoms with E-state index in [1.165, 1.54) is 19.2 Å². The topological polar surface area (TPSA) is 65.7 Å². The van der Waals surface area contributed by atoms with Gasteiger partial charge in [0, 0.05) is 28.1 Å². The second kappa shape index (κ2) is 9.14. The van der Waals surface area contributed by atoms with E-state index in [4.69, 9.17) is 13.9 Å². The van der Waals surface area contributed by atoms with Gasteiger partial charge in [-0.3, -0.25) is 4.79 Å². The van der Waals surface area contributed by atoms with Crippen LogP contribution < -0.4 is 15.1 Å². The normalized spacial score (nSPS) is 13.8. The number of hydrogen-bond acceptors (Lipinski definition) is 5. The highest BCUT2D eigenvalue weighted by molar-refractivity contribution is 6.00. The first kappa shape index (κ1) is 21.9. The summed E-state index contributed by atoms with van der Waals surface area (Å²) in [6.07, 6.45) is 2.57. The molecule has 172 valence electrons. The monoisotopic (exact) mass is 458 g/mol. The standard InChI is InChI=1S/C28H23FO5/c1-32-24-14-11-18(15-23(24)29)26(30)27(17-7-3-2-4-8-17)33-19-12-13-21-20-9-5-6-10-22(20)28(31)34-25(21)16-19/h2-4,7-8,11-16,27H,5-6,9-10H2,1H3. The number of carbonyl (C=O) groups excluding carboxylic acids is 1. The molecule has 1 aliphatic carbocycles. The second-order valence-electron chi connectivity index (χ2n) is 8.33. The maximum absolute atomic E-state index is 14.3. The van der Waals surface area contributed by atoms with Gasteiger partial charge in [-0.2, -0.15) is 0 Å². The molecule has 1 aromatic heterocycles. The molecule has 5 rings (SSSR count). The molecular formula is C28H23FO5. The van der Waals surface area contributed by atoms with Crippen LogP contribution >= 0.6 is 0 Å². The van der Waals surface area contributed by atoms with Crippen LogP contribution in [0.2, 0.25) is 0 Å². The first-order valence-electron chi connectivity index (χ1n) is 11.2. The molecule has 34 heavy (non-hydrogen) atoms. The van der Waals surface area contributed by atoms with Gasteiger partial charge in [0.2, 0.25) is 5.78 Å². The van der Waals surface area contributed by atoms with Crippen LogP contribution in [-0.4, -0.2) is 12.9 Å². The smallest absolute Gasteiger partial charge is 0.339 e. The Morgan fingerprint density at radius 3 is 2.47 bits per heavy atom. The molecule has 1 unspecified atom stereocenters. The van der Waals surface area contributed by atoms with Crippen molar-refractivity contribution in [3.63, 3.8) is 0 Å². The summed E-state index contributed by atoms with van der Waals surface area (Å²) in [7, 11) is 1.37. The van der Waals surface area contributed by atoms with Gasteiger partial charge < -0.3 is 13.9 Å². The van der Waals surface area contributed by atoms with Gasteiger partial charge in [0.15, 0.2) is 17.7 Å². The molecule has 0 amide bonds. The minimum atomic E-state index is -1.02. The number of rotatable bonds is 6. The molecule has 0 radical (unpaired) electrons. The van der Waals surface area contributed by atoms with E-state index in [2.05, 4.69) is 0 Å². The van der Waals surface area contributed by atoms with Gasteiger partial charge in [0.1, 0.15) is 11.3 Å². The third-order valence-electron chi connectivity index (χ3n) is 6.23. The third-order valence-corrected chi connectivity index (χ3v) is 6.23. The van der Waals surface area contributed by atoms with Gasteiger partial charge in [0.25, 0.3) is 0 Å². The van der Waals surface area contributed by atoms with Crippen LogP contribution in [0.4, 0.5) is 4.39 Å². The maximum atomic E-state index is 14.3. The molecule has 0 N–H and O–H groups in total. The van der Waals surface area contributed by atoms with Crippen LogP contribution in [-0.2, 0) is 12.8 Å². The number of methoxy groups -OCH3 is 1. The number of aryl methyl sites for hydroxylation is 1. The second-order valence-corrected chi connectivity index (χ2v) is 8.33. The molecule has 0 aliphatic heterocycles. The molecule has 1 aliphatic rings. The van der Waals surface area contributed by atoms with Crippen molar-refractivity contribution in [2.24, 2.45) is 0 Å². The Labute approximate surface area is 195 Å². The summed E-state index contributed by atoms with van der Waals surface area (Å²) in [5.74, 6) is -0.596. The van der Waals surface area contributed by atoms with Crippen molar-refractivity contribution in [1.82, 2.24) is 0 Å². The van der Waals surface area contributed by atoms with Gasteiger partial charge in [0.05, 0.1) is 7.11 Å². The lowest BCUT2D eigenvalue weighted by Crippen LogP contribution is -2.19. The van der Waals surface area contributed by atoms with E-state index >= 15 is 0 Å². The molecule has 1 heterocycles. The highest BCUT2D eigenvalue weighted by Crippen LogP contribution is 2.32. The highest BCUT2D eigenvalue weighted by atomic mass is 19.1. The molecule has 5 nitrogen and oxygen atoms in total. The Bertz CT molecular complexity index is 1420. The highest BCUT2D eigenvalue weighted by Gasteiger charge is 2.26. The van der Waals surface area contributed by atoms with Crippen molar-refractivity contribution in [1.29, 1.82) is 0 Å². The van der Waals surface area contributed by atoms with Crippen LogP contribution in [0.25, 0.3) is 11.0 Å². The van der Waals surface area contributed by atoms with E-state index in [1.807, 2.05) is 12.1 Å². The number of halogens is 1. The van der Waals surface area contributed by atoms with Crippen molar-refractivity contribution in [2.75, 3.05) is 7.11 Å². The predicted molar refractivity (Wildman–Crippen MR) is 126 cm³/mol. The number of hydrogen-bond donors (Lipinski definition) is 0. The van der Waals surface area contributed by atoms with E-state index in [0.717, 1.165) is 48.3 Å². The summed E-state index contributed by atoms with van der Waals surface area (Å²) in [6, 6.07) is 18.4. The molecular weight excluding hydrogens is 435 g/mol. The SMILES string of the molecule is COc1ccc(C(=O)C(Oc2ccc3c4c(c(=O)oc3c2)CCCC4)c2ccccc2)cc1F. The van der Waals surface area contributed by atoms with E-state index < -0.39 is 17.7 Å². The molecule has 0 spiro atoms. The average molecular weight is 458 g/mol. The Morgan fingerprint density at radius 1 is 0.971 bits per heavy atom. The molecule has 4 aromatic rings. The van der Waals surface area contributed by atoms with Crippen LogP contribution in [0.5, 0.6) is 11.5 Å². The number of carbonyl (C=O) groups is 1. The van der Waals surface area contributed by atoms with Gasteiger partial charge in [-0.1, -0.05) is 30.3 Å². The maximum Gasteiger partial charge on any atom is 0.339 e. The fourth-order valence-corrected chi connectivity index (χ4v) is 4.51. The fraction of sp³-hybridized carbons (Fsp3) is 0.214.